The molecule has 24 heavy (non-hydrogen) atoms. The normalized spacial score (nSPS) is 19.7. The Kier molecular flexibility index (Phi) is 6.71. The summed E-state index contributed by atoms with van der Waals surface area (Å²) in [6.45, 7) is 4.40. The van der Waals surface area contributed by atoms with Crippen molar-refractivity contribution in [1.82, 2.24) is 5.32 Å². The first-order valence-corrected chi connectivity index (χ1v) is 8.89. The summed E-state index contributed by atoms with van der Waals surface area (Å²) in [4.78, 5) is 12.5. The summed E-state index contributed by atoms with van der Waals surface area (Å²) in [5.74, 6) is 0.517. The van der Waals surface area contributed by atoms with E-state index in [-0.39, 0.29) is 17.7 Å². The van der Waals surface area contributed by atoms with Gasteiger partial charge in [-0.2, -0.15) is 0 Å². The molecule has 0 spiro atoms. The molecular formula is C20H29NO3. The Morgan fingerprint density at radius 2 is 2.17 bits per heavy atom. The first kappa shape index (κ1) is 18.4. The molecule has 0 saturated heterocycles. The Bertz CT molecular complexity index is 607. The van der Waals surface area contributed by atoms with Gasteiger partial charge in [0, 0.05) is 0 Å². The van der Waals surface area contributed by atoms with Gasteiger partial charge in [0.2, 0.25) is 5.91 Å². The molecule has 0 aliphatic heterocycles. The van der Waals surface area contributed by atoms with Crippen molar-refractivity contribution < 1.29 is 14.6 Å². The third-order valence-corrected chi connectivity index (χ3v) is 4.73. The third kappa shape index (κ3) is 4.76. The monoisotopic (exact) mass is 331 g/mol. The molecule has 0 bridgehead atoms. The number of aromatic hydroxyl groups is 1. The van der Waals surface area contributed by atoms with Crippen LogP contribution in [0.25, 0.3) is 0 Å². The summed E-state index contributed by atoms with van der Waals surface area (Å²) in [5, 5.41) is 12.9. The second kappa shape index (κ2) is 8.76. The molecule has 2 N–H and O–H groups in total. The zero-order chi connectivity index (χ0) is 17.5. The van der Waals surface area contributed by atoms with Crippen LogP contribution in [0.2, 0.25) is 0 Å². The van der Waals surface area contributed by atoms with Crippen LogP contribution in [0, 0.1) is 0 Å². The number of phenolic OH excluding ortho intramolecular Hbond substituents is 1. The molecule has 1 aromatic carbocycles. The van der Waals surface area contributed by atoms with Gasteiger partial charge in [-0.25, -0.2) is 0 Å². The standard InChI is InChI=1S/C20H29NO3/c1-4-7-14(2)16-8-5-6-9-17(16)21-20(23)13-15-10-11-18(22)19(12-15)24-3/h10-12,17,22H,4-9,13H2,1-3H3,(H,21,23)/b16-14+. The second-order valence-corrected chi connectivity index (χ2v) is 6.60. The Morgan fingerprint density at radius 3 is 2.88 bits per heavy atom. The summed E-state index contributed by atoms with van der Waals surface area (Å²) in [7, 11) is 1.51. The van der Waals surface area contributed by atoms with E-state index >= 15 is 0 Å². The molecule has 1 aliphatic carbocycles. The summed E-state index contributed by atoms with van der Waals surface area (Å²) < 4.78 is 5.10. The fourth-order valence-electron chi connectivity index (χ4n) is 3.48. The lowest BCUT2D eigenvalue weighted by atomic mass is 9.85. The maximum absolute atomic E-state index is 12.5. The van der Waals surface area contributed by atoms with Crippen LogP contribution in [0.3, 0.4) is 0 Å². The Hall–Kier alpha value is -1.97. The second-order valence-electron chi connectivity index (χ2n) is 6.60. The molecule has 1 fully saturated rings. The number of phenols is 1. The molecule has 4 heteroatoms. The van der Waals surface area contributed by atoms with Crippen LogP contribution in [0.1, 0.15) is 57.9 Å². The first-order chi connectivity index (χ1) is 11.5. The van der Waals surface area contributed by atoms with Gasteiger partial charge in [-0.3, -0.25) is 4.79 Å². The van der Waals surface area contributed by atoms with Gasteiger partial charge in [-0.1, -0.05) is 31.4 Å². The summed E-state index contributed by atoms with van der Waals surface area (Å²) >= 11 is 0. The van der Waals surface area contributed by atoms with E-state index in [1.54, 1.807) is 18.2 Å². The minimum Gasteiger partial charge on any atom is -0.504 e. The molecular weight excluding hydrogens is 302 g/mol. The maximum Gasteiger partial charge on any atom is 0.224 e. The van der Waals surface area contributed by atoms with Gasteiger partial charge in [-0.05, 0) is 55.9 Å². The largest absolute Gasteiger partial charge is 0.504 e. The molecule has 0 aromatic heterocycles. The molecule has 1 amide bonds. The summed E-state index contributed by atoms with van der Waals surface area (Å²) in [6, 6.07) is 5.22. The van der Waals surface area contributed by atoms with Crippen LogP contribution in [-0.4, -0.2) is 24.2 Å². The van der Waals surface area contributed by atoms with Crippen molar-refractivity contribution in [3.8, 4) is 11.5 Å². The first-order valence-electron chi connectivity index (χ1n) is 8.89. The number of carbonyl (C=O) groups excluding carboxylic acids is 1. The highest BCUT2D eigenvalue weighted by atomic mass is 16.5. The summed E-state index contributed by atoms with van der Waals surface area (Å²) in [6.07, 6.45) is 7.07. The Balaban J connectivity index is 2.03. The average Bonchev–Trinajstić information content (AvgIpc) is 2.57. The quantitative estimate of drug-likeness (QED) is 0.771. The number of methoxy groups -OCH3 is 1. The van der Waals surface area contributed by atoms with Crippen molar-refractivity contribution in [2.24, 2.45) is 0 Å². The molecule has 1 aromatic rings. The third-order valence-electron chi connectivity index (χ3n) is 4.73. The maximum atomic E-state index is 12.5. The molecule has 0 heterocycles. The van der Waals surface area contributed by atoms with E-state index in [4.69, 9.17) is 4.74 Å². The van der Waals surface area contributed by atoms with Crippen molar-refractivity contribution in [2.45, 2.75) is 64.8 Å². The average molecular weight is 331 g/mol. The smallest absolute Gasteiger partial charge is 0.224 e. The van der Waals surface area contributed by atoms with Crippen LogP contribution in [0.4, 0.5) is 0 Å². The predicted octanol–water partition coefficient (Wildman–Crippen LogP) is 4.12. The highest BCUT2D eigenvalue weighted by Gasteiger charge is 2.22. The van der Waals surface area contributed by atoms with Crippen LogP contribution in [-0.2, 0) is 11.2 Å². The number of hydrogen-bond donors (Lipinski definition) is 2. The van der Waals surface area contributed by atoms with Crippen LogP contribution in [0.5, 0.6) is 11.5 Å². The molecule has 4 nitrogen and oxygen atoms in total. The number of ether oxygens (including phenoxy) is 1. The van der Waals surface area contributed by atoms with Gasteiger partial charge in [0.05, 0.1) is 19.6 Å². The van der Waals surface area contributed by atoms with Crippen LogP contribution in [0.15, 0.2) is 29.3 Å². The van der Waals surface area contributed by atoms with Crippen LogP contribution < -0.4 is 10.1 Å². The van der Waals surface area contributed by atoms with E-state index in [1.165, 1.54) is 31.1 Å². The highest BCUT2D eigenvalue weighted by molar-refractivity contribution is 5.79. The number of nitrogens with one attached hydrogen (secondary N) is 1. The van der Waals surface area contributed by atoms with E-state index in [2.05, 4.69) is 19.2 Å². The summed E-state index contributed by atoms with van der Waals surface area (Å²) in [5.41, 5.74) is 3.71. The minimum atomic E-state index is 0.0245. The zero-order valence-electron chi connectivity index (χ0n) is 15.0. The molecule has 132 valence electrons. The van der Waals surface area contributed by atoms with Crippen molar-refractivity contribution in [3.63, 3.8) is 0 Å². The Morgan fingerprint density at radius 1 is 1.38 bits per heavy atom. The topological polar surface area (TPSA) is 58.6 Å². The van der Waals surface area contributed by atoms with Crippen molar-refractivity contribution in [3.05, 3.63) is 34.9 Å². The lowest BCUT2D eigenvalue weighted by Crippen LogP contribution is -2.39. The van der Waals surface area contributed by atoms with Crippen LogP contribution >= 0.6 is 0 Å². The Labute approximate surface area is 144 Å². The molecule has 0 radical (unpaired) electrons. The number of rotatable bonds is 6. The van der Waals surface area contributed by atoms with Gasteiger partial charge in [0.15, 0.2) is 11.5 Å². The molecule has 1 unspecified atom stereocenters. The highest BCUT2D eigenvalue weighted by Crippen LogP contribution is 2.29. The van der Waals surface area contributed by atoms with E-state index in [1.807, 2.05) is 0 Å². The fraction of sp³-hybridized carbons (Fsp3) is 0.550. The van der Waals surface area contributed by atoms with Crippen molar-refractivity contribution in [2.75, 3.05) is 7.11 Å². The van der Waals surface area contributed by atoms with Gasteiger partial charge in [0.1, 0.15) is 0 Å². The van der Waals surface area contributed by atoms with Gasteiger partial charge in [-0.15, -0.1) is 0 Å². The van der Waals surface area contributed by atoms with Gasteiger partial charge >= 0.3 is 0 Å². The van der Waals surface area contributed by atoms with E-state index in [0.717, 1.165) is 31.2 Å². The predicted molar refractivity (Wildman–Crippen MR) is 96.4 cm³/mol. The lowest BCUT2D eigenvalue weighted by molar-refractivity contribution is -0.121. The fourth-order valence-corrected chi connectivity index (χ4v) is 3.48. The van der Waals surface area contributed by atoms with E-state index in [9.17, 15) is 9.90 Å². The number of allylic oxidation sites excluding steroid dienone is 1. The van der Waals surface area contributed by atoms with Crippen molar-refractivity contribution in [1.29, 1.82) is 0 Å². The van der Waals surface area contributed by atoms with E-state index in [0.29, 0.717) is 12.2 Å². The SMILES string of the molecule is CCC/C(C)=C1\CCCCC1NC(=O)Cc1ccc(O)c(OC)c1. The molecule has 2 rings (SSSR count). The number of hydrogen-bond acceptors (Lipinski definition) is 3. The van der Waals surface area contributed by atoms with E-state index < -0.39 is 0 Å². The molecule has 1 atom stereocenters. The molecule has 1 saturated carbocycles. The molecule has 1 aliphatic rings. The zero-order valence-corrected chi connectivity index (χ0v) is 15.0. The van der Waals surface area contributed by atoms with Gasteiger partial charge in [0.25, 0.3) is 0 Å². The number of benzene rings is 1. The number of carbonyl (C=O) groups is 1. The lowest BCUT2D eigenvalue weighted by Gasteiger charge is -2.28. The minimum absolute atomic E-state index is 0.0245. The van der Waals surface area contributed by atoms with Crippen molar-refractivity contribution >= 4 is 5.91 Å². The number of amides is 1. The van der Waals surface area contributed by atoms with Gasteiger partial charge < -0.3 is 15.2 Å².